The van der Waals surface area contributed by atoms with E-state index in [4.69, 9.17) is 4.74 Å². The first kappa shape index (κ1) is 19.7. The van der Waals surface area contributed by atoms with E-state index < -0.39 is 11.9 Å². The molecular formula is C17H30O4. The van der Waals surface area contributed by atoms with E-state index in [2.05, 4.69) is 11.7 Å². The number of hydrogen-bond acceptors (Lipinski definition) is 4. The molecule has 0 heterocycles. The molecule has 122 valence electrons. The summed E-state index contributed by atoms with van der Waals surface area (Å²) in [4.78, 5) is 23.2. The molecule has 0 aliphatic rings. The average Bonchev–Trinajstić information content (AvgIpc) is 2.51. The molecule has 0 saturated heterocycles. The second-order valence-electron chi connectivity index (χ2n) is 5.31. The molecule has 0 spiro atoms. The molecule has 0 radical (unpaired) electrons. The van der Waals surface area contributed by atoms with Crippen molar-refractivity contribution in [1.29, 1.82) is 0 Å². The van der Waals surface area contributed by atoms with Crippen LogP contribution >= 0.6 is 0 Å². The Kier molecular flexibility index (Phi) is 11.6. The van der Waals surface area contributed by atoms with Gasteiger partial charge in [-0.15, -0.1) is 0 Å². The van der Waals surface area contributed by atoms with Crippen molar-refractivity contribution in [2.45, 2.75) is 71.6 Å². The van der Waals surface area contributed by atoms with Gasteiger partial charge in [-0.05, 0) is 19.8 Å². The molecule has 0 aliphatic carbocycles. The molecule has 0 saturated carbocycles. The largest absolute Gasteiger partial charge is 0.466 e. The third-order valence-electron chi connectivity index (χ3n) is 3.66. The number of methoxy groups -OCH3 is 2. The van der Waals surface area contributed by atoms with Crippen molar-refractivity contribution in [3.05, 3.63) is 11.1 Å². The Labute approximate surface area is 128 Å². The third kappa shape index (κ3) is 8.53. The SMILES string of the molecule is CCCCCCCCCC/C(C(=O)OC)=C(\C)C(=O)OC. The topological polar surface area (TPSA) is 52.6 Å². The van der Waals surface area contributed by atoms with Crippen LogP contribution in [0.15, 0.2) is 11.1 Å². The molecule has 0 atom stereocenters. The molecule has 0 rings (SSSR count). The van der Waals surface area contributed by atoms with Gasteiger partial charge in [-0.25, -0.2) is 9.59 Å². The summed E-state index contributed by atoms with van der Waals surface area (Å²) in [6.07, 6.45) is 10.1. The molecule has 21 heavy (non-hydrogen) atoms. The lowest BCUT2D eigenvalue weighted by molar-refractivity contribution is -0.139. The Hall–Kier alpha value is -1.32. The van der Waals surface area contributed by atoms with Crippen LogP contribution in [0.5, 0.6) is 0 Å². The second-order valence-corrected chi connectivity index (χ2v) is 5.31. The Morgan fingerprint density at radius 1 is 0.762 bits per heavy atom. The number of carbonyl (C=O) groups excluding carboxylic acids is 2. The normalized spacial score (nSPS) is 11.8. The zero-order valence-electron chi connectivity index (χ0n) is 14.0. The number of hydrogen-bond donors (Lipinski definition) is 0. The van der Waals surface area contributed by atoms with E-state index in [0.717, 1.165) is 12.8 Å². The molecular weight excluding hydrogens is 268 g/mol. The maximum atomic E-state index is 11.7. The summed E-state index contributed by atoms with van der Waals surface area (Å²) in [7, 11) is 2.65. The Morgan fingerprint density at radius 3 is 1.71 bits per heavy atom. The fraction of sp³-hybridized carbons (Fsp3) is 0.765. The van der Waals surface area contributed by atoms with Crippen LogP contribution < -0.4 is 0 Å². The van der Waals surface area contributed by atoms with Gasteiger partial charge in [-0.2, -0.15) is 0 Å². The average molecular weight is 298 g/mol. The van der Waals surface area contributed by atoms with E-state index in [-0.39, 0.29) is 0 Å². The van der Waals surface area contributed by atoms with Crippen molar-refractivity contribution in [3.63, 3.8) is 0 Å². The van der Waals surface area contributed by atoms with Gasteiger partial charge < -0.3 is 9.47 Å². The fourth-order valence-electron chi connectivity index (χ4n) is 2.28. The minimum atomic E-state index is -0.463. The van der Waals surface area contributed by atoms with Crippen molar-refractivity contribution in [2.24, 2.45) is 0 Å². The molecule has 0 amide bonds. The summed E-state index contributed by atoms with van der Waals surface area (Å²) in [6, 6.07) is 0. The molecule has 4 heteroatoms. The van der Waals surface area contributed by atoms with Crippen LogP contribution in [0.2, 0.25) is 0 Å². The van der Waals surface area contributed by atoms with E-state index in [1.165, 1.54) is 52.7 Å². The number of unbranched alkanes of at least 4 members (excludes halogenated alkanes) is 7. The summed E-state index contributed by atoms with van der Waals surface area (Å²) < 4.78 is 9.41. The maximum absolute atomic E-state index is 11.7. The van der Waals surface area contributed by atoms with Gasteiger partial charge in [-0.3, -0.25) is 0 Å². The number of esters is 2. The van der Waals surface area contributed by atoms with Gasteiger partial charge in [0.1, 0.15) is 0 Å². The lowest BCUT2D eigenvalue weighted by Crippen LogP contribution is -2.13. The van der Waals surface area contributed by atoms with Crippen molar-refractivity contribution in [2.75, 3.05) is 14.2 Å². The van der Waals surface area contributed by atoms with Crippen LogP contribution in [-0.4, -0.2) is 26.2 Å². The zero-order valence-corrected chi connectivity index (χ0v) is 14.0. The lowest BCUT2D eigenvalue weighted by Gasteiger charge is -2.09. The number of rotatable bonds is 11. The lowest BCUT2D eigenvalue weighted by atomic mass is 10.0. The fourth-order valence-corrected chi connectivity index (χ4v) is 2.28. The molecule has 4 nitrogen and oxygen atoms in total. The highest BCUT2D eigenvalue weighted by atomic mass is 16.5. The van der Waals surface area contributed by atoms with Crippen molar-refractivity contribution >= 4 is 11.9 Å². The first-order valence-corrected chi connectivity index (χ1v) is 7.94. The van der Waals surface area contributed by atoms with E-state index in [9.17, 15) is 9.59 Å². The molecule has 0 fully saturated rings. The quantitative estimate of drug-likeness (QED) is 0.326. The van der Waals surface area contributed by atoms with Crippen LogP contribution in [0.1, 0.15) is 71.6 Å². The monoisotopic (exact) mass is 298 g/mol. The van der Waals surface area contributed by atoms with E-state index in [1.807, 2.05) is 0 Å². The molecule has 0 aromatic heterocycles. The van der Waals surface area contributed by atoms with Gasteiger partial charge in [0, 0.05) is 11.1 Å². The molecule has 0 aliphatic heterocycles. The highest BCUT2D eigenvalue weighted by Gasteiger charge is 2.18. The zero-order chi connectivity index (χ0) is 16.1. The van der Waals surface area contributed by atoms with Gasteiger partial charge in [0.15, 0.2) is 0 Å². The summed E-state index contributed by atoms with van der Waals surface area (Å²) in [6.45, 7) is 3.83. The van der Waals surface area contributed by atoms with Crippen molar-refractivity contribution in [1.82, 2.24) is 0 Å². The van der Waals surface area contributed by atoms with Crippen LogP contribution in [0, 0.1) is 0 Å². The highest BCUT2D eigenvalue weighted by Crippen LogP contribution is 2.17. The van der Waals surface area contributed by atoms with Crippen molar-refractivity contribution in [3.8, 4) is 0 Å². The maximum Gasteiger partial charge on any atom is 0.334 e. The molecule has 0 aromatic rings. The third-order valence-corrected chi connectivity index (χ3v) is 3.66. The molecule has 0 bridgehead atoms. The summed E-state index contributed by atoms with van der Waals surface area (Å²) in [5, 5.41) is 0. The Bertz CT molecular complexity index is 345. The minimum absolute atomic E-state index is 0.354. The smallest absolute Gasteiger partial charge is 0.334 e. The number of carbonyl (C=O) groups is 2. The van der Waals surface area contributed by atoms with Gasteiger partial charge in [0.05, 0.1) is 14.2 Å². The summed E-state index contributed by atoms with van der Waals surface area (Å²) >= 11 is 0. The number of ether oxygens (including phenoxy) is 2. The Balaban J connectivity index is 4.16. The van der Waals surface area contributed by atoms with Crippen LogP contribution in [-0.2, 0) is 19.1 Å². The summed E-state index contributed by atoms with van der Waals surface area (Å²) in [5.74, 6) is -0.893. The summed E-state index contributed by atoms with van der Waals surface area (Å²) in [5.41, 5.74) is 0.794. The Morgan fingerprint density at radius 2 is 1.24 bits per heavy atom. The van der Waals surface area contributed by atoms with Crippen molar-refractivity contribution < 1.29 is 19.1 Å². The van der Waals surface area contributed by atoms with Gasteiger partial charge in [-0.1, -0.05) is 51.9 Å². The first-order valence-electron chi connectivity index (χ1n) is 7.94. The molecule has 0 N–H and O–H groups in total. The van der Waals surface area contributed by atoms with E-state index in [0.29, 0.717) is 17.6 Å². The van der Waals surface area contributed by atoms with Gasteiger partial charge >= 0.3 is 11.9 Å². The van der Waals surface area contributed by atoms with Crippen LogP contribution in [0.4, 0.5) is 0 Å². The molecule has 0 aromatic carbocycles. The van der Waals surface area contributed by atoms with Gasteiger partial charge in [0.25, 0.3) is 0 Å². The van der Waals surface area contributed by atoms with Crippen LogP contribution in [0.25, 0.3) is 0 Å². The highest BCUT2D eigenvalue weighted by molar-refractivity contribution is 5.99. The first-order chi connectivity index (χ1) is 10.1. The van der Waals surface area contributed by atoms with E-state index >= 15 is 0 Å². The van der Waals surface area contributed by atoms with Gasteiger partial charge in [0.2, 0.25) is 0 Å². The predicted octanol–water partition coefficient (Wildman–Crippen LogP) is 4.18. The van der Waals surface area contributed by atoms with E-state index in [1.54, 1.807) is 6.92 Å². The second kappa shape index (κ2) is 12.4. The predicted molar refractivity (Wildman–Crippen MR) is 84.0 cm³/mol. The van der Waals surface area contributed by atoms with Crippen LogP contribution in [0.3, 0.4) is 0 Å². The molecule has 0 unspecified atom stereocenters. The minimum Gasteiger partial charge on any atom is -0.466 e. The standard InChI is InChI=1S/C17H30O4/c1-5-6-7-8-9-10-11-12-13-15(17(19)21-4)14(2)16(18)20-3/h5-13H2,1-4H3/b15-14-.